The van der Waals surface area contributed by atoms with Crippen molar-refractivity contribution in [2.45, 2.75) is 22.1 Å². The van der Waals surface area contributed by atoms with Gasteiger partial charge in [0.15, 0.2) is 4.75 Å². The topological polar surface area (TPSA) is 79.2 Å². The first kappa shape index (κ1) is 20.5. The summed E-state index contributed by atoms with van der Waals surface area (Å²) >= 11 is 3.42. The molecule has 1 N–H and O–H groups in total. The summed E-state index contributed by atoms with van der Waals surface area (Å²) in [6, 6.07) is 22.7. The number of rotatable bonds is 4. The van der Waals surface area contributed by atoms with E-state index in [1.54, 1.807) is 55.6 Å². The molecule has 0 fully saturated rings. The van der Waals surface area contributed by atoms with E-state index in [0.29, 0.717) is 11.4 Å². The molecular formula is C23H19BrN2O3S. The van der Waals surface area contributed by atoms with Crippen molar-refractivity contribution in [2.24, 2.45) is 0 Å². The highest BCUT2D eigenvalue weighted by Gasteiger charge is 2.56. The van der Waals surface area contributed by atoms with Crippen molar-refractivity contribution in [1.29, 1.82) is 5.26 Å². The zero-order chi connectivity index (χ0) is 21.4. The standard InChI is InChI=1S/C23H19BrN2O3S/c1-29-19-12-6-16(7-13-19)14-23(15-25)22(17-8-10-18(24)11-9-17)26-20-4-2-3-5-21(20)30(23,27)28/h2-13,22,26H,14H2,1H3. The predicted molar refractivity (Wildman–Crippen MR) is 119 cm³/mol. The molecular weight excluding hydrogens is 464 g/mol. The minimum Gasteiger partial charge on any atom is -0.497 e. The molecule has 0 aliphatic carbocycles. The third-order valence-electron chi connectivity index (χ3n) is 5.44. The first-order chi connectivity index (χ1) is 14.4. The van der Waals surface area contributed by atoms with E-state index >= 15 is 0 Å². The normalized spacial score (nSPS) is 21.7. The van der Waals surface area contributed by atoms with E-state index in [0.717, 1.165) is 15.6 Å². The van der Waals surface area contributed by atoms with Gasteiger partial charge in [-0.1, -0.05) is 52.3 Å². The summed E-state index contributed by atoms with van der Waals surface area (Å²) in [5, 5.41) is 13.7. The molecule has 0 bridgehead atoms. The van der Waals surface area contributed by atoms with Crippen LogP contribution in [0.4, 0.5) is 5.69 Å². The fraction of sp³-hybridized carbons (Fsp3) is 0.174. The number of nitriles is 1. The highest BCUT2D eigenvalue weighted by atomic mass is 79.9. The van der Waals surface area contributed by atoms with Gasteiger partial charge in [-0.2, -0.15) is 5.26 Å². The Bertz CT molecular complexity index is 1220. The lowest BCUT2D eigenvalue weighted by molar-refractivity contribution is 0.414. The second kappa shape index (κ2) is 7.78. The molecule has 30 heavy (non-hydrogen) atoms. The number of hydrogen-bond acceptors (Lipinski definition) is 5. The number of benzene rings is 3. The summed E-state index contributed by atoms with van der Waals surface area (Å²) in [4.78, 5) is 0.147. The van der Waals surface area contributed by atoms with E-state index in [2.05, 4.69) is 27.3 Å². The van der Waals surface area contributed by atoms with E-state index in [4.69, 9.17) is 4.74 Å². The van der Waals surface area contributed by atoms with Gasteiger partial charge in [0.1, 0.15) is 5.75 Å². The van der Waals surface area contributed by atoms with Gasteiger partial charge < -0.3 is 10.1 Å². The molecule has 0 aromatic heterocycles. The Morgan fingerprint density at radius 3 is 2.37 bits per heavy atom. The lowest BCUT2D eigenvalue weighted by Gasteiger charge is -2.40. The van der Waals surface area contributed by atoms with Crippen LogP contribution in [0.15, 0.2) is 82.2 Å². The molecule has 0 amide bonds. The molecule has 0 saturated heterocycles. The number of sulfone groups is 1. The van der Waals surface area contributed by atoms with E-state index in [9.17, 15) is 13.7 Å². The van der Waals surface area contributed by atoms with Gasteiger partial charge in [-0.25, -0.2) is 8.42 Å². The summed E-state index contributed by atoms with van der Waals surface area (Å²) in [5.74, 6) is 0.671. The summed E-state index contributed by atoms with van der Waals surface area (Å²) in [6.07, 6.45) is 0.0396. The maximum atomic E-state index is 13.8. The molecule has 3 aromatic carbocycles. The Hall–Kier alpha value is -2.82. The van der Waals surface area contributed by atoms with Gasteiger partial charge in [-0.3, -0.25) is 0 Å². The van der Waals surface area contributed by atoms with Gasteiger partial charge in [0.25, 0.3) is 0 Å². The van der Waals surface area contributed by atoms with Gasteiger partial charge in [-0.15, -0.1) is 0 Å². The third-order valence-corrected chi connectivity index (χ3v) is 8.33. The molecule has 1 heterocycles. The summed E-state index contributed by atoms with van der Waals surface area (Å²) in [5.41, 5.74) is 1.97. The van der Waals surface area contributed by atoms with Crippen molar-refractivity contribution in [3.05, 3.63) is 88.4 Å². The Kier molecular flexibility index (Phi) is 5.31. The van der Waals surface area contributed by atoms with Gasteiger partial charge in [0.2, 0.25) is 9.84 Å². The molecule has 0 spiro atoms. The second-order valence-electron chi connectivity index (χ2n) is 7.15. The molecule has 5 nitrogen and oxygen atoms in total. The van der Waals surface area contributed by atoms with Crippen LogP contribution in [0.2, 0.25) is 0 Å². The van der Waals surface area contributed by atoms with Crippen LogP contribution in [0.1, 0.15) is 17.2 Å². The van der Waals surface area contributed by atoms with Crippen molar-refractivity contribution in [3.63, 3.8) is 0 Å². The monoisotopic (exact) mass is 482 g/mol. The average molecular weight is 483 g/mol. The number of anilines is 1. The second-order valence-corrected chi connectivity index (χ2v) is 10.2. The van der Waals surface area contributed by atoms with Gasteiger partial charge in [0, 0.05) is 10.9 Å². The molecule has 3 aromatic rings. The lowest BCUT2D eigenvalue weighted by Crippen LogP contribution is -2.51. The minimum absolute atomic E-state index is 0.0396. The van der Waals surface area contributed by atoms with E-state index in [-0.39, 0.29) is 11.3 Å². The smallest absolute Gasteiger partial charge is 0.202 e. The summed E-state index contributed by atoms with van der Waals surface area (Å²) in [6.45, 7) is 0. The maximum Gasteiger partial charge on any atom is 0.202 e. The summed E-state index contributed by atoms with van der Waals surface area (Å²) in [7, 11) is -2.41. The predicted octanol–water partition coefficient (Wildman–Crippen LogP) is 4.90. The quantitative estimate of drug-likeness (QED) is 0.571. The van der Waals surface area contributed by atoms with E-state index in [1.165, 1.54) is 0 Å². The van der Waals surface area contributed by atoms with Crippen LogP contribution in [0.5, 0.6) is 5.75 Å². The first-order valence-corrected chi connectivity index (χ1v) is 11.6. The van der Waals surface area contributed by atoms with Crippen LogP contribution in [0, 0.1) is 11.3 Å². The van der Waals surface area contributed by atoms with Crippen LogP contribution in [-0.2, 0) is 16.3 Å². The minimum atomic E-state index is -3.98. The largest absolute Gasteiger partial charge is 0.497 e. The number of fused-ring (bicyclic) bond motifs is 1. The number of para-hydroxylation sites is 1. The fourth-order valence-corrected chi connectivity index (χ4v) is 6.17. The maximum absolute atomic E-state index is 13.8. The number of methoxy groups -OCH3 is 1. The SMILES string of the molecule is COc1ccc(CC2(C#N)C(c3ccc(Br)cc3)Nc3ccccc3S2(=O)=O)cc1. The van der Waals surface area contributed by atoms with Crippen LogP contribution < -0.4 is 10.1 Å². The van der Waals surface area contributed by atoms with Crippen molar-refractivity contribution in [2.75, 3.05) is 12.4 Å². The molecule has 0 saturated carbocycles. The van der Waals surface area contributed by atoms with E-state index < -0.39 is 20.6 Å². The van der Waals surface area contributed by atoms with E-state index in [1.807, 2.05) is 24.3 Å². The number of nitrogens with one attached hydrogen (secondary N) is 1. The molecule has 2 unspecified atom stereocenters. The number of nitrogens with zero attached hydrogens (tertiary/aromatic N) is 1. The number of halogens is 1. The van der Waals surface area contributed by atoms with Gasteiger partial charge >= 0.3 is 0 Å². The molecule has 4 rings (SSSR count). The van der Waals surface area contributed by atoms with Crippen molar-refractivity contribution in [3.8, 4) is 11.8 Å². The van der Waals surface area contributed by atoms with Crippen molar-refractivity contribution < 1.29 is 13.2 Å². The van der Waals surface area contributed by atoms with Crippen molar-refractivity contribution >= 4 is 31.5 Å². The van der Waals surface area contributed by atoms with Crippen LogP contribution in [-0.4, -0.2) is 20.3 Å². The highest BCUT2D eigenvalue weighted by molar-refractivity contribution is 9.10. The Morgan fingerprint density at radius 1 is 1.07 bits per heavy atom. The van der Waals surface area contributed by atoms with Gasteiger partial charge in [0.05, 0.1) is 29.8 Å². The van der Waals surface area contributed by atoms with Gasteiger partial charge in [-0.05, 0) is 47.5 Å². The zero-order valence-corrected chi connectivity index (χ0v) is 18.6. The average Bonchev–Trinajstić information content (AvgIpc) is 2.77. The summed E-state index contributed by atoms with van der Waals surface area (Å²) < 4.78 is 32.0. The molecule has 1 aliphatic rings. The number of ether oxygens (including phenoxy) is 1. The molecule has 7 heteroatoms. The van der Waals surface area contributed by atoms with Crippen molar-refractivity contribution in [1.82, 2.24) is 0 Å². The van der Waals surface area contributed by atoms with Crippen LogP contribution in [0.3, 0.4) is 0 Å². The molecule has 152 valence electrons. The van der Waals surface area contributed by atoms with Crippen LogP contribution in [0.25, 0.3) is 0 Å². The third kappa shape index (κ3) is 3.26. The first-order valence-electron chi connectivity index (χ1n) is 9.31. The molecule has 0 radical (unpaired) electrons. The Morgan fingerprint density at radius 2 is 1.73 bits per heavy atom. The lowest BCUT2D eigenvalue weighted by atomic mass is 9.87. The number of hydrogen-bond donors (Lipinski definition) is 1. The molecule has 2 atom stereocenters. The Balaban J connectivity index is 1.92. The van der Waals surface area contributed by atoms with Crippen LogP contribution >= 0.6 is 15.9 Å². The Labute approximate surface area is 184 Å². The molecule has 1 aliphatic heterocycles. The fourth-order valence-electron chi connectivity index (χ4n) is 3.86. The highest BCUT2D eigenvalue weighted by Crippen LogP contribution is 2.47. The zero-order valence-electron chi connectivity index (χ0n) is 16.2.